The lowest BCUT2D eigenvalue weighted by atomic mass is 10.3. The summed E-state index contributed by atoms with van der Waals surface area (Å²) >= 11 is 11.7. The highest BCUT2D eigenvalue weighted by Gasteiger charge is 2.09. The summed E-state index contributed by atoms with van der Waals surface area (Å²) in [4.78, 5) is 0. The summed E-state index contributed by atoms with van der Waals surface area (Å²) in [5, 5.41) is 13.6. The summed E-state index contributed by atoms with van der Waals surface area (Å²) in [5.41, 5.74) is 6.02. The lowest BCUT2D eigenvalue weighted by Gasteiger charge is -2.16. The van der Waals surface area contributed by atoms with Crippen LogP contribution in [0.3, 0.4) is 0 Å². The molecule has 0 saturated heterocycles. The first-order valence-electron chi connectivity index (χ1n) is 4.68. The Morgan fingerprint density at radius 1 is 1.50 bits per heavy atom. The molecule has 0 atom stereocenters. The summed E-state index contributed by atoms with van der Waals surface area (Å²) in [5.74, 6) is -0.178. The normalized spacial score (nSPS) is 10.7. The molecule has 0 saturated carbocycles. The Balaban J connectivity index is 3.06. The van der Waals surface area contributed by atoms with Gasteiger partial charge in [-0.25, -0.2) is 5.01 Å². The van der Waals surface area contributed by atoms with Gasteiger partial charge in [0.05, 0.1) is 15.7 Å². The van der Waals surface area contributed by atoms with E-state index in [1.54, 1.807) is 24.4 Å². The van der Waals surface area contributed by atoms with Gasteiger partial charge in [-0.2, -0.15) is 5.10 Å². The number of nitrogens with two attached hydrogens (primary N) is 1. The lowest BCUT2D eigenvalue weighted by Crippen LogP contribution is -2.32. The molecule has 4 nitrogen and oxygen atoms in total. The largest absolute Gasteiger partial charge is 0.368 e. The van der Waals surface area contributed by atoms with E-state index in [4.69, 9.17) is 34.3 Å². The molecule has 16 heavy (non-hydrogen) atoms. The number of hydrogen-bond donors (Lipinski definition) is 2. The van der Waals surface area contributed by atoms with Crippen molar-refractivity contribution in [2.45, 2.75) is 13.3 Å². The minimum atomic E-state index is -0.178. The molecule has 86 valence electrons. The van der Waals surface area contributed by atoms with Crippen molar-refractivity contribution < 1.29 is 0 Å². The van der Waals surface area contributed by atoms with Gasteiger partial charge in [0.2, 0.25) is 5.96 Å². The number of nitrogens with zero attached hydrogens (tertiary/aromatic N) is 2. The molecule has 6 heteroatoms. The molecule has 1 aromatic carbocycles. The molecule has 0 heterocycles. The minimum absolute atomic E-state index is 0.178. The van der Waals surface area contributed by atoms with E-state index in [2.05, 4.69) is 5.10 Å². The second-order valence-corrected chi connectivity index (χ2v) is 3.82. The fourth-order valence-corrected chi connectivity index (χ4v) is 1.34. The maximum Gasteiger partial charge on any atom is 0.214 e. The van der Waals surface area contributed by atoms with Crippen molar-refractivity contribution >= 4 is 41.1 Å². The molecule has 0 bridgehead atoms. The zero-order valence-corrected chi connectivity index (χ0v) is 10.3. The van der Waals surface area contributed by atoms with E-state index in [0.29, 0.717) is 15.7 Å². The van der Waals surface area contributed by atoms with E-state index in [0.717, 1.165) is 6.42 Å². The van der Waals surface area contributed by atoms with Gasteiger partial charge in [-0.1, -0.05) is 30.1 Å². The molecule has 0 amide bonds. The quantitative estimate of drug-likeness (QED) is 0.497. The Bertz CT molecular complexity index is 417. The van der Waals surface area contributed by atoms with E-state index in [1.165, 1.54) is 5.01 Å². The highest BCUT2D eigenvalue weighted by molar-refractivity contribution is 6.42. The Morgan fingerprint density at radius 3 is 2.69 bits per heavy atom. The van der Waals surface area contributed by atoms with Gasteiger partial charge in [0.25, 0.3) is 0 Å². The minimum Gasteiger partial charge on any atom is -0.368 e. The van der Waals surface area contributed by atoms with Crippen LogP contribution in [0, 0.1) is 5.41 Å². The maximum atomic E-state index is 7.41. The Hall–Kier alpha value is -1.26. The number of hydrogen-bond acceptors (Lipinski definition) is 2. The number of anilines is 1. The molecular weight excluding hydrogens is 247 g/mol. The molecule has 0 spiro atoms. The highest BCUT2D eigenvalue weighted by atomic mass is 35.5. The zero-order valence-electron chi connectivity index (χ0n) is 8.74. The predicted octanol–water partition coefficient (Wildman–Crippen LogP) is 3.09. The van der Waals surface area contributed by atoms with Crippen LogP contribution in [0.25, 0.3) is 0 Å². The molecule has 1 aromatic rings. The first kappa shape index (κ1) is 12.8. The summed E-state index contributed by atoms with van der Waals surface area (Å²) in [6, 6.07) is 4.94. The van der Waals surface area contributed by atoms with Crippen LogP contribution in [0.15, 0.2) is 23.3 Å². The first-order valence-corrected chi connectivity index (χ1v) is 5.43. The van der Waals surface area contributed by atoms with Gasteiger partial charge in [-0.15, -0.1) is 0 Å². The maximum absolute atomic E-state index is 7.41. The lowest BCUT2D eigenvalue weighted by molar-refractivity contribution is 1.08. The number of rotatable bonds is 3. The van der Waals surface area contributed by atoms with Gasteiger partial charge in [0.1, 0.15) is 0 Å². The molecule has 0 aliphatic rings. The van der Waals surface area contributed by atoms with Crippen LogP contribution in [-0.2, 0) is 0 Å². The average molecular weight is 259 g/mol. The second kappa shape index (κ2) is 5.72. The van der Waals surface area contributed by atoms with Gasteiger partial charge in [0, 0.05) is 6.21 Å². The topological polar surface area (TPSA) is 65.5 Å². The summed E-state index contributed by atoms with van der Waals surface area (Å²) in [7, 11) is 0. The van der Waals surface area contributed by atoms with Gasteiger partial charge in [-0.05, 0) is 24.6 Å². The van der Waals surface area contributed by atoms with Gasteiger partial charge in [0.15, 0.2) is 0 Å². The van der Waals surface area contributed by atoms with Crippen LogP contribution in [0.5, 0.6) is 0 Å². The van der Waals surface area contributed by atoms with E-state index in [9.17, 15) is 0 Å². The van der Waals surface area contributed by atoms with Crippen molar-refractivity contribution in [3.05, 3.63) is 28.2 Å². The summed E-state index contributed by atoms with van der Waals surface area (Å²) in [6.07, 6.45) is 2.41. The van der Waals surface area contributed by atoms with E-state index in [-0.39, 0.29) is 5.96 Å². The number of nitrogens with one attached hydrogen (secondary N) is 1. The van der Waals surface area contributed by atoms with Crippen LogP contribution in [-0.4, -0.2) is 12.2 Å². The van der Waals surface area contributed by atoms with Crippen LogP contribution < -0.4 is 10.7 Å². The third kappa shape index (κ3) is 3.12. The van der Waals surface area contributed by atoms with Crippen LogP contribution in [0.4, 0.5) is 5.69 Å². The Kier molecular flexibility index (Phi) is 4.58. The van der Waals surface area contributed by atoms with Crippen molar-refractivity contribution in [1.82, 2.24) is 0 Å². The van der Waals surface area contributed by atoms with E-state index >= 15 is 0 Å². The van der Waals surface area contributed by atoms with Gasteiger partial charge < -0.3 is 5.73 Å². The summed E-state index contributed by atoms with van der Waals surface area (Å²) < 4.78 is 0. The highest BCUT2D eigenvalue weighted by Crippen LogP contribution is 2.27. The molecule has 0 aliphatic heterocycles. The molecule has 0 radical (unpaired) electrons. The molecule has 1 rings (SSSR count). The van der Waals surface area contributed by atoms with Crippen molar-refractivity contribution in [1.29, 1.82) is 5.41 Å². The Labute approximate surface area is 104 Å². The second-order valence-electron chi connectivity index (χ2n) is 3.00. The SMILES string of the molecule is CCC=NN(C(=N)N)c1ccc(Cl)c(Cl)c1. The van der Waals surface area contributed by atoms with Crippen molar-refractivity contribution in [2.75, 3.05) is 5.01 Å². The monoisotopic (exact) mass is 258 g/mol. The van der Waals surface area contributed by atoms with Gasteiger partial charge in [-0.3, -0.25) is 5.41 Å². The molecule has 0 unspecified atom stereocenters. The molecule has 0 fully saturated rings. The van der Waals surface area contributed by atoms with Crippen LogP contribution in [0.2, 0.25) is 10.0 Å². The fourth-order valence-electron chi connectivity index (χ4n) is 1.05. The molecule has 3 N–H and O–H groups in total. The van der Waals surface area contributed by atoms with Crippen molar-refractivity contribution in [3.8, 4) is 0 Å². The number of halogens is 2. The zero-order chi connectivity index (χ0) is 12.1. The fraction of sp³-hybridized carbons (Fsp3) is 0.200. The summed E-state index contributed by atoms with van der Waals surface area (Å²) in [6.45, 7) is 1.94. The molecular formula is C10H12Cl2N4. The molecule has 0 aromatic heterocycles. The third-order valence-electron chi connectivity index (χ3n) is 1.76. The number of guanidine groups is 1. The van der Waals surface area contributed by atoms with Crippen LogP contribution >= 0.6 is 23.2 Å². The smallest absolute Gasteiger partial charge is 0.214 e. The van der Waals surface area contributed by atoms with E-state index in [1.807, 2.05) is 6.92 Å². The standard InChI is InChI=1S/C10H12Cl2N4/c1-2-5-15-16(10(13)14)7-3-4-8(11)9(12)6-7/h3-6H,2H2,1H3,(H3,13,14). The number of benzene rings is 1. The van der Waals surface area contributed by atoms with Crippen LogP contribution in [0.1, 0.15) is 13.3 Å². The van der Waals surface area contributed by atoms with E-state index < -0.39 is 0 Å². The first-order chi connectivity index (χ1) is 7.56. The average Bonchev–Trinajstić information content (AvgIpc) is 2.23. The number of hydrazone groups is 1. The Morgan fingerprint density at radius 2 is 2.19 bits per heavy atom. The van der Waals surface area contributed by atoms with Gasteiger partial charge >= 0.3 is 0 Å². The molecule has 0 aliphatic carbocycles. The third-order valence-corrected chi connectivity index (χ3v) is 2.49. The van der Waals surface area contributed by atoms with Crippen molar-refractivity contribution in [2.24, 2.45) is 10.8 Å². The predicted molar refractivity (Wildman–Crippen MR) is 69.6 cm³/mol. The van der Waals surface area contributed by atoms with Crippen molar-refractivity contribution in [3.63, 3.8) is 0 Å².